The Morgan fingerprint density at radius 1 is 0.969 bits per heavy atom. The van der Waals surface area contributed by atoms with Gasteiger partial charge in [-0.1, -0.05) is 41.5 Å². The van der Waals surface area contributed by atoms with Crippen molar-refractivity contribution < 1.29 is 9.47 Å². The van der Waals surface area contributed by atoms with Crippen molar-refractivity contribution in [3.63, 3.8) is 0 Å². The van der Waals surface area contributed by atoms with E-state index in [0.29, 0.717) is 6.42 Å². The van der Waals surface area contributed by atoms with Crippen LogP contribution in [0.5, 0.6) is 0 Å². The fraction of sp³-hybridized carbons (Fsp3) is 0.440. The highest BCUT2D eigenvalue weighted by Gasteiger charge is 2.43. The number of ether oxygens (including phenoxy) is 2. The van der Waals surface area contributed by atoms with Crippen LogP contribution >= 0.6 is 0 Å². The highest BCUT2D eigenvalue weighted by molar-refractivity contribution is 5.56. The first-order valence-electron chi connectivity index (χ1n) is 10.8. The third kappa shape index (κ3) is 6.04. The van der Waals surface area contributed by atoms with Crippen molar-refractivity contribution in [1.29, 1.82) is 0 Å². The Kier molecular flexibility index (Phi) is 7.46. The maximum Gasteiger partial charge on any atom is 0.164 e. The van der Waals surface area contributed by atoms with E-state index in [-0.39, 0.29) is 12.2 Å². The molecule has 0 aromatic heterocycles. The van der Waals surface area contributed by atoms with E-state index in [9.17, 15) is 5.53 Å². The molecule has 170 valence electrons. The molecule has 1 saturated heterocycles. The molecule has 1 heterocycles. The van der Waals surface area contributed by atoms with Crippen molar-refractivity contribution in [2.75, 3.05) is 38.0 Å². The van der Waals surface area contributed by atoms with Gasteiger partial charge in [0.25, 0.3) is 0 Å². The molecule has 3 rings (SSSR count). The van der Waals surface area contributed by atoms with Gasteiger partial charge in [-0.3, -0.25) is 0 Å². The molecular formula is C25H33N5O2. The van der Waals surface area contributed by atoms with Crippen LogP contribution in [0.2, 0.25) is 0 Å². The summed E-state index contributed by atoms with van der Waals surface area (Å²) < 4.78 is 12.3. The van der Waals surface area contributed by atoms with Gasteiger partial charge in [0.1, 0.15) is 6.10 Å². The van der Waals surface area contributed by atoms with Crippen LogP contribution in [-0.2, 0) is 15.9 Å². The summed E-state index contributed by atoms with van der Waals surface area (Å²) in [5.41, 5.74) is 13.6. The van der Waals surface area contributed by atoms with Crippen molar-refractivity contribution in [3.05, 3.63) is 76.2 Å². The smallest absolute Gasteiger partial charge is 0.164 e. The van der Waals surface area contributed by atoms with Gasteiger partial charge in [-0.05, 0) is 61.2 Å². The van der Waals surface area contributed by atoms with E-state index >= 15 is 0 Å². The van der Waals surface area contributed by atoms with Crippen molar-refractivity contribution >= 4 is 17.5 Å². The summed E-state index contributed by atoms with van der Waals surface area (Å²) in [5.74, 6) is -0.757. The molecule has 1 aliphatic heterocycles. The SMILES string of the molecule is CN(C)c1ccc(/C=C/[C@@H]2OC(C)(C)O[C@H]2[C@@H](Cc2ccc(N(C)C)cc2)N=[N+]=[N-])cc1. The second kappa shape index (κ2) is 10.1. The summed E-state index contributed by atoms with van der Waals surface area (Å²) in [6, 6.07) is 16.2. The number of anilines is 2. The van der Waals surface area contributed by atoms with Crippen molar-refractivity contribution in [2.45, 2.75) is 44.3 Å². The minimum Gasteiger partial charge on any atom is -0.378 e. The summed E-state index contributed by atoms with van der Waals surface area (Å²) in [4.78, 5) is 7.22. The number of hydrogen-bond donors (Lipinski definition) is 0. The first kappa shape index (κ1) is 23.7. The predicted molar refractivity (Wildman–Crippen MR) is 131 cm³/mol. The minimum absolute atomic E-state index is 0.324. The monoisotopic (exact) mass is 435 g/mol. The van der Waals surface area contributed by atoms with Gasteiger partial charge in [0.15, 0.2) is 5.79 Å². The molecule has 0 amide bonds. The highest BCUT2D eigenvalue weighted by atomic mass is 16.8. The summed E-state index contributed by atoms with van der Waals surface area (Å²) >= 11 is 0. The molecule has 2 aromatic rings. The average Bonchev–Trinajstić information content (AvgIpc) is 3.07. The van der Waals surface area contributed by atoms with Crippen LogP contribution in [0.3, 0.4) is 0 Å². The Balaban J connectivity index is 1.79. The van der Waals surface area contributed by atoms with Gasteiger partial charge in [0, 0.05) is 44.5 Å². The molecule has 0 aliphatic carbocycles. The van der Waals surface area contributed by atoms with Crippen LogP contribution in [0, 0.1) is 0 Å². The third-order valence-electron chi connectivity index (χ3n) is 5.53. The summed E-state index contributed by atoms with van der Waals surface area (Å²) in [5, 5.41) is 4.09. The van der Waals surface area contributed by atoms with E-state index in [4.69, 9.17) is 9.47 Å². The van der Waals surface area contributed by atoms with Crippen molar-refractivity contribution in [2.24, 2.45) is 5.11 Å². The van der Waals surface area contributed by atoms with Crippen LogP contribution < -0.4 is 9.80 Å². The zero-order valence-electron chi connectivity index (χ0n) is 19.8. The zero-order valence-corrected chi connectivity index (χ0v) is 19.8. The van der Waals surface area contributed by atoms with E-state index in [1.807, 2.05) is 54.2 Å². The standard InChI is InChI=1S/C25H33N5O2/c1-25(2)31-23(16-11-18-7-12-20(13-8-18)29(3)4)24(32-25)22(27-28-26)17-19-9-14-21(15-10-19)30(5)6/h7-16,22-24H,17H2,1-6H3/b16-11+/t22-,23+,24+/m1/s1. The van der Waals surface area contributed by atoms with E-state index in [1.165, 1.54) is 0 Å². The van der Waals surface area contributed by atoms with Crippen LogP contribution in [0.4, 0.5) is 11.4 Å². The molecule has 0 radical (unpaired) electrons. The molecule has 7 heteroatoms. The summed E-state index contributed by atoms with van der Waals surface area (Å²) in [7, 11) is 8.05. The topological polar surface area (TPSA) is 73.7 Å². The molecule has 32 heavy (non-hydrogen) atoms. The summed E-state index contributed by atoms with van der Waals surface area (Å²) in [6.07, 6.45) is 3.89. The molecule has 0 N–H and O–H groups in total. The maximum atomic E-state index is 9.22. The molecular weight excluding hydrogens is 402 g/mol. The molecule has 0 spiro atoms. The molecule has 0 bridgehead atoms. The number of benzene rings is 2. The molecule has 3 atom stereocenters. The molecule has 7 nitrogen and oxygen atoms in total. The Bertz CT molecular complexity index is 961. The average molecular weight is 436 g/mol. The van der Waals surface area contributed by atoms with Crippen molar-refractivity contribution in [1.82, 2.24) is 0 Å². The second-order valence-corrected chi connectivity index (χ2v) is 8.95. The fourth-order valence-electron chi connectivity index (χ4n) is 3.81. The van der Waals surface area contributed by atoms with Crippen LogP contribution in [0.15, 0.2) is 59.7 Å². The lowest BCUT2D eigenvalue weighted by Gasteiger charge is -2.22. The van der Waals surface area contributed by atoms with E-state index in [1.54, 1.807) is 0 Å². The van der Waals surface area contributed by atoms with Gasteiger partial charge in [-0.15, -0.1) is 0 Å². The molecule has 1 aliphatic rings. The highest BCUT2D eigenvalue weighted by Crippen LogP contribution is 2.33. The van der Waals surface area contributed by atoms with Gasteiger partial charge >= 0.3 is 0 Å². The Morgan fingerprint density at radius 3 is 2.06 bits per heavy atom. The largest absolute Gasteiger partial charge is 0.378 e. The number of rotatable bonds is 8. The van der Waals surface area contributed by atoms with Crippen molar-refractivity contribution in [3.8, 4) is 0 Å². The summed E-state index contributed by atoms with van der Waals surface area (Å²) in [6.45, 7) is 3.78. The third-order valence-corrected chi connectivity index (χ3v) is 5.53. The molecule has 2 aromatic carbocycles. The quantitative estimate of drug-likeness (QED) is 0.321. The lowest BCUT2D eigenvalue weighted by atomic mass is 9.97. The Hall–Kier alpha value is -2.99. The molecule has 0 unspecified atom stereocenters. The number of hydrogen-bond acceptors (Lipinski definition) is 5. The normalized spacial score (nSPS) is 20.7. The fourth-order valence-corrected chi connectivity index (χ4v) is 3.81. The van der Waals surface area contributed by atoms with E-state index in [0.717, 1.165) is 22.5 Å². The van der Waals surface area contributed by atoms with E-state index in [2.05, 4.69) is 68.4 Å². The molecule has 1 fully saturated rings. The molecule has 0 saturated carbocycles. The number of azide groups is 1. The lowest BCUT2D eigenvalue weighted by molar-refractivity contribution is -0.144. The van der Waals surface area contributed by atoms with Gasteiger partial charge in [-0.2, -0.15) is 0 Å². The second-order valence-electron chi connectivity index (χ2n) is 8.95. The van der Waals surface area contributed by atoms with Gasteiger partial charge < -0.3 is 19.3 Å². The van der Waals surface area contributed by atoms with Gasteiger partial charge in [0.05, 0.1) is 12.1 Å². The van der Waals surface area contributed by atoms with Gasteiger partial charge in [0.2, 0.25) is 0 Å². The van der Waals surface area contributed by atoms with Gasteiger partial charge in [-0.25, -0.2) is 0 Å². The Labute approximate surface area is 190 Å². The predicted octanol–water partition coefficient (Wildman–Crippen LogP) is 5.27. The zero-order chi connectivity index (χ0) is 23.3. The first-order chi connectivity index (χ1) is 15.2. The lowest BCUT2D eigenvalue weighted by Crippen LogP contribution is -2.34. The van der Waals surface area contributed by atoms with Crippen LogP contribution in [0.25, 0.3) is 16.5 Å². The van der Waals surface area contributed by atoms with Crippen LogP contribution in [0.1, 0.15) is 25.0 Å². The van der Waals surface area contributed by atoms with E-state index < -0.39 is 11.8 Å². The minimum atomic E-state index is -0.757. The Morgan fingerprint density at radius 2 is 1.53 bits per heavy atom. The van der Waals surface area contributed by atoms with Crippen LogP contribution in [-0.4, -0.2) is 52.2 Å². The maximum absolute atomic E-state index is 9.22. The number of nitrogens with zero attached hydrogens (tertiary/aromatic N) is 5. The first-order valence-corrected chi connectivity index (χ1v) is 10.8.